The number of rotatable bonds is 6. The number of sulfonamides is 1. The summed E-state index contributed by atoms with van der Waals surface area (Å²) in [7, 11) is -3.77. The van der Waals surface area contributed by atoms with Crippen LogP contribution in [0.3, 0.4) is 0 Å². The fourth-order valence-corrected chi connectivity index (χ4v) is 3.04. The molecule has 0 saturated heterocycles. The van der Waals surface area contributed by atoms with E-state index in [-0.39, 0.29) is 10.8 Å². The number of carbonyl (C=O) groups is 1. The van der Waals surface area contributed by atoms with Crippen LogP contribution in [0.15, 0.2) is 71.9 Å². The summed E-state index contributed by atoms with van der Waals surface area (Å²) in [4.78, 5) is 12.3. The Balaban J connectivity index is 1.68. The summed E-state index contributed by atoms with van der Waals surface area (Å²) in [6.07, 6.45) is 3.60. The molecule has 0 aliphatic carbocycles. The van der Waals surface area contributed by atoms with Crippen molar-refractivity contribution < 1.29 is 13.2 Å². The average molecular weight is 370 g/mol. The van der Waals surface area contributed by atoms with Gasteiger partial charge in [0.25, 0.3) is 5.91 Å². The monoisotopic (exact) mass is 370 g/mol. The zero-order valence-electron chi connectivity index (χ0n) is 13.9. The van der Waals surface area contributed by atoms with Crippen LogP contribution in [0, 0.1) is 0 Å². The number of carbonyl (C=O) groups excluding carboxylic acids is 1. The number of hydrogen-bond acceptors (Lipinski definition) is 4. The van der Waals surface area contributed by atoms with E-state index in [9.17, 15) is 13.2 Å². The van der Waals surface area contributed by atoms with Crippen molar-refractivity contribution in [2.24, 2.45) is 5.14 Å². The summed E-state index contributed by atoms with van der Waals surface area (Å²) in [5.74, 6) is -0.292. The molecule has 0 fully saturated rings. The summed E-state index contributed by atoms with van der Waals surface area (Å²) < 4.78 is 24.3. The van der Waals surface area contributed by atoms with E-state index in [2.05, 4.69) is 10.4 Å². The normalized spacial score (nSPS) is 11.3. The second kappa shape index (κ2) is 7.51. The van der Waals surface area contributed by atoms with Crippen LogP contribution in [0.5, 0.6) is 0 Å². The molecule has 0 radical (unpaired) electrons. The molecule has 0 aliphatic rings. The van der Waals surface area contributed by atoms with Gasteiger partial charge >= 0.3 is 0 Å². The second-order valence-electron chi connectivity index (χ2n) is 5.72. The lowest BCUT2D eigenvalue weighted by Gasteiger charge is -2.11. The third-order valence-corrected chi connectivity index (χ3v) is 4.82. The molecule has 3 N–H and O–H groups in total. The standard InChI is InChI=1S/C18H18N4O3S/c19-26(24,25)17-8-6-14(7-9-17)18(23)20-12-15-4-1-2-5-16(15)13-22-11-3-10-21-22/h1-11H,12-13H2,(H,20,23)(H2,19,24,25). The average Bonchev–Trinajstić information content (AvgIpc) is 3.13. The minimum atomic E-state index is -3.77. The Bertz CT molecular complexity index is 997. The predicted octanol–water partition coefficient (Wildman–Crippen LogP) is 1.51. The van der Waals surface area contributed by atoms with E-state index in [0.717, 1.165) is 11.1 Å². The third kappa shape index (κ3) is 4.35. The minimum absolute atomic E-state index is 0.0291. The molecule has 0 saturated carbocycles. The zero-order valence-corrected chi connectivity index (χ0v) is 14.7. The highest BCUT2D eigenvalue weighted by Crippen LogP contribution is 2.12. The first-order valence-corrected chi connectivity index (χ1v) is 9.43. The van der Waals surface area contributed by atoms with Crippen molar-refractivity contribution in [1.82, 2.24) is 15.1 Å². The van der Waals surface area contributed by atoms with Gasteiger partial charge in [-0.3, -0.25) is 9.48 Å². The van der Waals surface area contributed by atoms with Crippen LogP contribution in [0.1, 0.15) is 21.5 Å². The van der Waals surface area contributed by atoms with E-state index in [1.165, 1.54) is 24.3 Å². The van der Waals surface area contributed by atoms with Gasteiger partial charge in [0.2, 0.25) is 10.0 Å². The maximum Gasteiger partial charge on any atom is 0.251 e. The predicted molar refractivity (Wildman–Crippen MR) is 96.8 cm³/mol. The van der Waals surface area contributed by atoms with Crippen molar-refractivity contribution in [3.05, 3.63) is 83.7 Å². The first kappa shape index (κ1) is 17.8. The molecule has 3 rings (SSSR count). The van der Waals surface area contributed by atoms with Gasteiger partial charge in [-0.25, -0.2) is 13.6 Å². The van der Waals surface area contributed by atoms with Crippen LogP contribution in [0.2, 0.25) is 0 Å². The van der Waals surface area contributed by atoms with Gasteiger partial charge in [-0.15, -0.1) is 0 Å². The van der Waals surface area contributed by atoms with Gasteiger partial charge in [0.15, 0.2) is 0 Å². The smallest absolute Gasteiger partial charge is 0.251 e. The molecule has 7 nitrogen and oxygen atoms in total. The first-order valence-electron chi connectivity index (χ1n) is 7.89. The first-order chi connectivity index (χ1) is 12.4. The van der Waals surface area contributed by atoms with Crippen LogP contribution < -0.4 is 10.5 Å². The van der Waals surface area contributed by atoms with Crippen molar-refractivity contribution >= 4 is 15.9 Å². The Hall–Kier alpha value is -2.97. The lowest BCUT2D eigenvalue weighted by atomic mass is 10.1. The van der Waals surface area contributed by atoms with Crippen LogP contribution in [0.4, 0.5) is 0 Å². The summed E-state index contributed by atoms with van der Waals surface area (Å²) in [6, 6.07) is 15.1. The Morgan fingerprint density at radius 1 is 1.04 bits per heavy atom. The Morgan fingerprint density at radius 2 is 1.73 bits per heavy atom. The largest absolute Gasteiger partial charge is 0.348 e. The highest BCUT2D eigenvalue weighted by molar-refractivity contribution is 7.89. The van der Waals surface area contributed by atoms with Crippen molar-refractivity contribution in [1.29, 1.82) is 0 Å². The van der Waals surface area contributed by atoms with Crippen LogP contribution >= 0.6 is 0 Å². The van der Waals surface area contributed by atoms with Gasteiger partial charge in [0, 0.05) is 24.5 Å². The van der Waals surface area contributed by atoms with Gasteiger partial charge in [-0.2, -0.15) is 5.10 Å². The van der Waals surface area contributed by atoms with Crippen molar-refractivity contribution in [2.45, 2.75) is 18.0 Å². The topological polar surface area (TPSA) is 107 Å². The number of primary sulfonamides is 1. The molecule has 0 aliphatic heterocycles. The number of nitrogens with two attached hydrogens (primary N) is 1. The number of nitrogens with zero attached hydrogens (tertiary/aromatic N) is 2. The van der Waals surface area contributed by atoms with E-state index < -0.39 is 10.0 Å². The number of hydrogen-bond donors (Lipinski definition) is 2. The lowest BCUT2D eigenvalue weighted by molar-refractivity contribution is 0.0950. The Kier molecular flexibility index (Phi) is 5.15. The molecule has 1 amide bonds. The molecule has 3 aromatic rings. The number of amides is 1. The molecule has 26 heavy (non-hydrogen) atoms. The van der Waals surface area contributed by atoms with Crippen LogP contribution in [0.25, 0.3) is 0 Å². The number of nitrogens with one attached hydrogen (secondary N) is 1. The summed E-state index contributed by atoms with van der Waals surface area (Å²) in [5.41, 5.74) is 2.40. The molecule has 0 spiro atoms. The van der Waals surface area contributed by atoms with Gasteiger partial charge < -0.3 is 5.32 Å². The molecular formula is C18H18N4O3S. The number of benzene rings is 2. The Labute approximate surface area is 151 Å². The summed E-state index contributed by atoms with van der Waals surface area (Å²) >= 11 is 0. The highest BCUT2D eigenvalue weighted by atomic mass is 32.2. The van der Waals surface area contributed by atoms with Gasteiger partial charge in [-0.1, -0.05) is 24.3 Å². The van der Waals surface area contributed by atoms with Gasteiger partial charge in [0.05, 0.1) is 11.4 Å². The highest BCUT2D eigenvalue weighted by Gasteiger charge is 2.11. The molecule has 0 bridgehead atoms. The third-order valence-electron chi connectivity index (χ3n) is 3.89. The molecule has 1 heterocycles. The molecule has 8 heteroatoms. The molecule has 0 atom stereocenters. The molecule has 1 aromatic heterocycles. The molecule has 0 unspecified atom stereocenters. The van der Waals surface area contributed by atoms with E-state index in [4.69, 9.17) is 5.14 Å². The van der Waals surface area contributed by atoms with E-state index in [1.807, 2.05) is 41.2 Å². The molecule has 134 valence electrons. The van der Waals surface area contributed by atoms with Crippen molar-refractivity contribution in [3.63, 3.8) is 0 Å². The quantitative estimate of drug-likeness (QED) is 0.686. The molecular weight excluding hydrogens is 352 g/mol. The number of aromatic nitrogens is 2. The SMILES string of the molecule is NS(=O)(=O)c1ccc(C(=O)NCc2ccccc2Cn2cccn2)cc1. The fourth-order valence-electron chi connectivity index (χ4n) is 2.53. The van der Waals surface area contributed by atoms with E-state index in [1.54, 1.807) is 6.20 Å². The summed E-state index contributed by atoms with van der Waals surface area (Å²) in [5, 5.41) is 12.1. The van der Waals surface area contributed by atoms with Crippen molar-refractivity contribution in [3.8, 4) is 0 Å². The fraction of sp³-hybridized carbons (Fsp3) is 0.111. The van der Waals surface area contributed by atoms with Crippen molar-refractivity contribution in [2.75, 3.05) is 0 Å². The van der Waals surface area contributed by atoms with Crippen LogP contribution in [-0.4, -0.2) is 24.1 Å². The lowest BCUT2D eigenvalue weighted by Crippen LogP contribution is -2.23. The van der Waals surface area contributed by atoms with Gasteiger partial charge in [-0.05, 0) is 41.5 Å². The molecule has 2 aromatic carbocycles. The maximum atomic E-state index is 12.3. The zero-order chi connectivity index (χ0) is 18.6. The Morgan fingerprint density at radius 3 is 2.35 bits per heavy atom. The van der Waals surface area contributed by atoms with Crippen LogP contribution in [-0.2, 0) is 23.1 Å². The maximum absolute atomic E-state index is 12.3. The van der Waals surface area contributed by atoms with E-state index in [0.29, 0.717) is 18.7 Å². The second-order valence-corrected chi connectivity index (χ2v) is 7.29. The van der Waals surface area contributed by atoms with E-state index >= 15 is 0 Å². The van der Waals surface area contributed by atoms with Gasteiger partial charge in [0.1, 0.15) is 0 Å². The minimum Gasteiger partial charge on any atom is -0.348 e. The summed E-state index contributed by atoms with van der Waals surface area (Å²) in [6.45, 7) is 0.968.